The first-order valence-electron chi connectivity index (χ1n) is 9.44. The third-order valence-corrected chi connectivity index (χ3v) is 5.16. The fourth-order valence-corrected chi connectivity index (χ4v) is 3.54. The molecule has 0 bridgehead atoms. The van der Waals surface area contributed by atoms with E-state index in [1.54, 1.807) is 0 Å². The maximum Gasteiger partial charge on any atom is 0.416 e. The Morgan fingerprint density at radius 3 is 2.33 bits per heavy atom. The average Bonchev–Trinajstić information content (AvgIpc) is 3.15. The number of nitrogens with one attached hydrogen (secondary N) is 2. The summed E-state index contributed by atoms with van der Waals surface area (Å²) in [6.45, 7) is 4.19. The molecule has 2 N–H and O–H groups in total. The lowest BCUT2D eigenvalue weighted by molar-refractivity contribution is -0.137. The second kappa shape index (κ2) is 7.71. The summed E-state index contributed by atoms with van der Waals surface area (Å²) >= 11 is 0. The summed E-state index contributed by atoms with van der Waals surface area (Å²) in [5, 5.41) is 3.27. The monoisotopic (exact) mass is 422 g/mol. The number of benzene rings is 2. The molecule has 1 aliphatic heterocycles. The van der Waals surface area contributed by atoms with Crippen LogP contribution in [0.25, 0.3) is 22.5 Å². The van der Waals surface area contributed by atoms with Crippen molar-refractivity contribution >= 4 is 5.95 Å². The number of hydrogen-bond acceptors (Lipinski definition) is 3. The summed E-state index contributed by atoms with van der Waals surface area (Å²) in [6.07, 6.45) is -4.45. The number of anilines is 1. The van der Waals surface area contributed by atoms with Gasteiger partial charge in [0.05, 0.1) is 17.0 Å². The van der Waals surface area contributed by atoms with Gasteiger partial charge in [-0.05, 0) is 37.3 Å². The summed E-state index contributed by atoms with van der Waals surface area (Å²) in [6, 6.07) is 8.20. The molecule has 0 amide bonds. The third kappa shape index (κ3) is 3.89. The number of hydrogen-bond donors (Lipinski definition) is 2. The number of aromatic nitrogens is 2. The maximum atomic E-state index is 13.8. The minimum atomic E-state index is -4.45. The molecule has 0 unspecified atom stereocenters. The average molecular weight is 422 g/mol. The molecule has 0 aliphatic carbocycles. The van der Waals surface area contributed by atoms with Crippen molar-refractivity contribution in [1.82, 2.24) is 15.3 Å². The number of alkyl halides is 3. The van der Waals surface area contributed by atoms with E-state index in [0.29, 0.717) is 35.0 Å². The molecule has 1 saturated heterocycles. The Labute approximate surface area is 169 Å². The van der Waals surface area contributed by atoms with Crippen LogP contribution in [0.1, 0.15) is 12.5 Å². The summed E-state index contributed by atoms with van der Waals surface area (Å²) in [7, 11) is 0. The summed E-state index contributed by atoms with van der Waals surface area (Å²) in [5.41, 5.74) is 0.805. The fraction of sp³-hybridized carbons (Fsp3) is 0.286. The van der Waals surface area contributed by atoms with Crippen LogP contribution in [0.15, 0.2) is 42.5 Å². The van der Waals surface area contributed by atoms with Crippen molar-refractivity contribution in [2.45, 2.75) is 19.1 Å². The van der Waals surface area contributed by atoms with E-state index >= 15 is 0 Å². The second-order valence-corrected chi connectivity index (χ2v) is 7.23. The zero-order valence-corrected chi connectivity index (χ0v) is 16.0. The zero-order valence-electron chi connectivity index (χ0n) is 16.0. The highest BCUT2D eigenvalue weighted by Crippen LogP contribution is 2.36. The Kier molecular flexibility index (Phi) is 5.23. The normalized spacial score (nSPS) is 17.4. The number of piperazine rings is 1. The SMILES string of the molecule is C[C@@H]1CNCCN1c1nc(-c2ccc(F)c(F)c2)c(-c2ccc(C(F)(F)F)cc2)[nH]1. The number of rotatable bonds is 3. The maximum absolute atomic E-state index is 13.8. The highest BCUT2D eigenvalue weighted by atomic mass is 19.4. The highest BCUT2D eigenvalue weighted by molar-refractivity contribution is 5.80. The quantitative estimate of drug-likeness (QED) is 0.594. The van der Waals surface area contributed by atoms with Gasteiger partial charge in [-0.1, -0.05) is 12.1 Å². The van der Waals surface area contributed by atoms with E-state index in [9.17, 15) is 22.0 Å². The smallest absolute Gasteiger partial charge is 0.337 e. The van der Waals surface area contributed by atoms with Gasteiger partial charge in [-0.3, -0.25) is 0 Å². The van der Waals surface area contributed by atoms with Gasteiger partial charge in [-0.2, -0.15) is 13.2 Å². The molecule has 1 atom stereocenters. The fourth-order valence-electron chi connectivity index (χ4n) is 3.54. The minimum absolute atomic E-state index is 0.128. The van der Waals surface area contributed by atoms with Gasteiger partial charge in [-0.25, -0.2) is 13.8 Å². The predicted octanol–water partition coefficient (Wildman–Crippen LogP) is 4.84. The van der Waals surface area contributed by atoms with Gasteiger partial charge in [0, 0.05) is 36.8 Å². The lowest BCUT2D eigenvalue weighted by atomic mass is 10.0. The van der Waals surface area contributed by atoms with Crippen LogP contribution in [-0.4, -0.2) is 35.6 Å². The van der Waals surface area contributed by atoms with Crippen LogP contribution in [0.5, 0.6) is 0 Å². The molecule has 0 radical (unpaired) electrons. The molecule has 0 saturated carbocycles. The number of nitrogens with zero attached hydrogens (tertiary/aromatic N) is 2. The predicted molar refractivity (Wildman–Crippen MR) is 104 cm³/mol. The number of imidazole rings is 1. The molecule has 30 heavy (non-hydrogen) atoms. The van der Waals surface area contributed by atoms with E-state index in [-0.39, 0.29) is 6.04 Å². The molecule has 1 fully saturated rings. The Morgan fingerprint density at radius 1 is 1.00 bits per heavy atom. The number of H-pyrrole nitrogens is 1. The van der Waals surface area contributed by atoms with Crippen molar-refractivity contribution in [1.29, 1.82) is 0 Å². The summed E-state index contributed by atoms with van der Waals surface area (Å²) in [5.74, 6) is -1.48. The van der Waals surface area contributed by atoms with Crippen molar-refractivity contribution in [3.63, 3.8) is 0 Å². The highest BCUT2D eigenvalue weighted by Gasteiger charge is 2.30. The molecule has 0 spiro atoms. The molecular weight excluding hydrogens is 403 g/mol. The molecule has 4 nitrogen and oxygen atoms in total. The van der Waals surface area contributed by atoms with Crippen LogP contribution in [0, 0.1) is 11.6 Å². The topological polar surface area (TPSA) is 44.0 Å². The van der Waals surface area contributed by atoms with E-state index < -0.39 is 23.4 Å². The van der Waals surface area contributed by atoms with Crippen molar-refractivity contribution in [2.75, 3.05) is 24.5 Å². The molecular formula is C21H19F5N4. The molecule has 3 aromatic rings. The van der Waals surface area contributed by atoms with Crippen LogP contribution in [0.2, 0.25) is 0 Å². The van der Waals surface area contributed by atoms with Gasteiger partial charge in [0.1, 0.15) is 0 Å². The molecule has 2 heterocycles. The van der Waals surface area contributed by atoms with Crippen LogP contribution in [0.3, 0.4) is 0 Å². The standard InChI is InChI=1S/C21H19F5N4/c1-12-11-27-8-9-30(12)20-28-18(13-2-5-15(6-3-13)21(24,25)26)19(29-20)14-4-7-16(22)17(23)10-14/h2-7,10,12,27H,8-9,11H2,1H3,(H,28,29)/t12-/m1/s1. The Hall–Kier alpha value is -2.94. The Morgan fingerprint density at radius 2 is 1.70 bits per heavy atom. The van der Waals surface area contributed by atoms with Crippen molar-refractivity contribution in [3.8, 4) is 22.5 Å². The van der Waals surface area contributed by atoms with Gasteiger partial charge in [0.2, 0.25) is 5.95 Å². The number of aromatic amines is 1. The van der Waals surface area contributed by atoms with E-state index in [2.05, 4.69) is 15.3 Å². The first kappa shape index (κ1) is 20.3. The van der Waals surface area contributed by atoms with E-state index in [1.807, 2.05) is 11.8 Å². The van der Waals surface area contributed by atoms with Crippen LogP contribution < -0.4 is 10.2 Å². The van der Waals surface area contributed by atoms with Gasteiger partial charge in [0.15, 0.2) is 11.6 Å². The molecule has 1 aliphatic rings. The van der Waals surface area contributed by atoms with E-state index in [4.69, 9.17) is 0 Å². The van der Waals surface area contributed by atoms with Crippen molar-refractivity contribution < 1.29 is 22.0 Å². The zero-order chi connectivity index (χ0) is 21.5. The van der Waals surface area contributed by atoms with E-state index in [1.165, 1.54) is 18.2 Å². The van der Waals surface area contributed by atoms with Crippen LogP contribution in [-0.2, 0) is 6.18 Å². The van der Waals surface area contributed by atoms with Crippen molar-refractivity contribution in [2.24, 2.45) is 0 Å². The van der Waals surface area contributed by atoms with Gasteiger partial charge < -0.3 is 15.2 Å². The van der Waals surface area contributed by atoms with Gasteiger partial charge in [0.25, 0.3) is 0 Å². The first-order valence-corrected chi connectivity index (χ1v) is 9.44. The second-order valence-electron chi connectivity index (χ2n) is 7.23. The van der Waals surface area contributed by atoms with Crippen LogP contribution in [0.4, 0.5) is 27.9 Å². The lowest BCUT2D eigenvalue weighted by Gasteiger charge is -2.33. The molecule has 158 valence electrons. The molecule has 4 rings (SSSR count). The largest absolute Gasteiger partial charge is 0.416 e. The Balaban J connectivity index is 1.82. The molecule has 2 aromatic carbocycles. The minimum Gasteiger partial charge on any atom is -0.337 e. The van der Waals surface area contributed by atoms with Gasteiger partial charge in [-0.15, -0.1) is 0 Å². The van der Waals surface area contributed by atoms with E-state index in [0.717, 1.165) is 37.4 Å². The molecule has 1 aromatic heterocycles. The Bertz CT molecular complexity index is 1040. The summed E-state index contributed by atoms with van der Waals surface area (Å²) in [4.78, 5) is 9.82. The molecule has 9 heteroatoms. The summed E-state index contributed by atoms with van der Waals surface area (Å²) < 4.78 is 66.1. The van der Waals surface area contributed by atoms with Gasteiger partial charge >= 0.3 is 6.18 Å². The third-order valence-electron chi connectivity index (χ3n) is 5.16. The van der Waals surface area contributed by atoms with Crippen LogP contribution >= 0.6 is 0 Å². The lowest BCUT2D eigenvalue weighted by Crippen LogP contribution is -2.50. The number of halogens is 5. The van der Waals surface area contributed by atoms with Crippen molar-refractivity contribution in [3.05, 3.63) is 59.7 Å². The first-order chi connectivity index (χ1) is 14.2.